The lowest BCUT2D eigenvalue weighted by Crippen LogP contribution is -1.98. The van der Waals surface area contributed by atoms with Gasteiger partial charge in [-0.2, -0.15) is 5.10 Å². The quantitative estimate of drug-likeness (QED) is 0.595. The molecule has 0 aliphatic carbocycles. The van der Waals surface area contributed by atoms with Crippen LogP contribution in [-0.2, 0) is 0 Å². The number of benzene rings is 2. The van der Waals surface area contributed by atoms with Gasteiger partial charge in [0.2, 0.25) is 0 Å². The van der Waals surface area contributed by atoms with E-state index >= 15 is 0 Å². The number of imidazole rings is 1. The molecule has 0 aliphatic heterocycles. The monoisotopic (exact) mass is 351 g/mol. The van der Waals surface area contributed by atoms with Gasteiger partial charge in [0.25, 0.3) is 0 Å². The van der Waals surface area contributed by atoms with Crippen LogP contribution >= 0.6 is 0 Å². The number of nitrogens with one attached hydrogen (secondary N) is 1. The average molecular weight is 351 g/mol. The third-order valence-electron chi connectivity index (χ3n) is 4.11. The zero-order valence-electron chi connectivity index (χ0n) is 14.6. The Morgan fingerprint density at radius 2 is 1.73 bits per heavy atom. The van der Waals surface area contributed by atoms with Crippen molar-refractivity contribution in [3.05, 3.63) is 43.0 Å². The third-order valence-corrected chi connectivity index (χ3v) is 4.11. The molecule has 0 bridgehead atoms. The van der Waals surface area contributed by atoms with E-state index in [1.54, 1.807) is 32.3 Å². The van der Waals surface area contributed by atoms with Crippen molar-refractivity contribution < 1.29 is 14.2 Å². The Bertz CT molecular complexity index is 1060. The lowest BCUT2D eigenvalue weighted by atomic mass is 10.2. The molecular weight excluding hydrogens is 334 g/mol. The number of hydrogen-bond donors (Lipinski definition) is 1. The van der Waals surface area contributed by atoms with Gasteiger partial charge in [0, 0.05) is 11.6 Å². The Kier molecular flexibility index (Phi) is 3.92. The minimum Gasteiger partial charge on any atom is -0.494 e. The predicted molar refractivity (Wildman–Crippen MR) is 96.1 cm³/mol. The number of aromatic nitrogens is 5. The first-order valence-corrected chi connectivity index (χ1v) is 7.88. The Hall–Kier alpha value is -3.55. The number of ether oxygens (including phenoxy) is 3. The van der Waals surface area contributed by atoms with Gasteiger partial charge in [-0.3, -0.25) is 0 Å². The summed E-state index contributed by atoms with van der Waals surface area (Å²) < 4.78 is 17.8. The van der Waals surface area contributed by atoms with E-state index in [1.165, 1.54) is 6.33 Å². The van der Waals surface area contributed by atoms with Crippen molar-refractivity contribution >= 4 is 11.0 Å². The number of hydrogen-bond acceptors (Lipinski definition) is 6. The van der Waals surface area contributed by atoms with Gasteiger partial charge in [-0.1, -0.05) is 0 Å². The van der Waals surface area contributed by atoms with Crippen molar-refractivity contribution in [1.82, 2.24) is 24.7 Å². The van der Waals surface area contributed by atoms with Crippen LogP contribution in [0.5, 0.6) is 17.2 Å². The number of aromatic amines is 1. The van der Waals surface area contributed by atoms with Crippen LogP contribution in [0.15, 0.2) is 43.0 Å². The van der Waals surface area contributed by atoms with Crippen LogP contribution < -0.4 is 14.2 Å². The van der Waals surface area contributed by atoms with E-state index in [4.69, 9.17) is 14.2 Å². The molecule has 2 aromatic carbocycles. The van der Waals surface area contributed by atoms with E-state index in [1.807, 2.05) is 30.3 Å². The molecule has 8 heteroatoms. The molecular formula is C18H17N5O3. The summed E-state index contributed by atoms with van der Waals surface area (Å²) in [7, 11) is 4.83. The van der Waals surface area contributed by atoms with Gasteiger partial charge in [0.15, 0.2) is 11.5 Å². The number of nitrogens with zero attached hydrogens (tertiary/aromatic N) is 4. The fourth-order valence-corrected chi connectivity index (χ4v) is 2.82. The maximum absolute atomic E-state index is 5.48. The van der Waals surface area contributed by atoms with Crippen molar-refractivity contribution in [2.45, 2.75) is 0 Å². The summed E-state index contributed by atoms with van der Waals surface area (Å²) >= 11 is 0. The van der Waals surface area contributed by atoms with E-state index in [0.29, 0.717) is 17.2 Å². The molecule has 0 unspecified atom stereocenters. The number of methoxy groups -OCH3 is 3. The fraction of sp³-hybridized carbons (Fsp3) is 0.167. The molecule has 0 amide bonds. The molecule has 2 heterocycles. The van der Waals surface area contributed by atoms with Crippen LogP contribution in [-0.4, -0.2) is 46.1 Å². The molecule has 0 fully saturated rings. The number of H-pyrrole nitrogens is 1. The highest BCUT2D eigenvalue weighted by molar-refractivity contribution is 5.84. The first-order valence-electron chi connectivity index (χ1n) is 7.88. The molecule has 4 rings (SSSR count). The first-order chi connectivity index (χ1) is 12.7. The molecule has 0 saturated carbocycles. The van der Waals surface area contributed by atoms with Crippen molar-refractivity contribution in [3.63, 3.8) is 0 Å². The largest absolute Gasteiger partial charge is 0.494 e. The van der Waals surface area contributed by atoms with Crippen LogP contribution in [0.2, 0.25) is 0 Å². The Morgan fingerprint density at radius 1 is 0.923 bits per heavy atom. The summed E-state index contributed by atoms with van der Waals surface area (Å²) in [6.45, 7) is 0. The van der Waals surface area contributed by atoms with Crippen LogP contribution in [0.25, 0.3) is 28.1 Å². The van der Waals surface area contributed by atoms with Gasteiger partial charge >= 0.3 is 0 Å². The molecule has 4 aromatic rings. The lowest BCUT2D eigenvalue weighted by molar-refractivity contribution is 0.355. The Balaban J connectivity index is 1.83. The summed E-state index contributed by atoms with van der Waals surface area (Å²) in [6.07, 6.45) is 3.10. The van der Waals surface area contributed by atoms with E-state index in [2.05, 4.69) is 20.1 Å². The molecule has 2 aromatic heterocycles. The molecule has 0 spiro atoms. The maximum Gasteiger partial charge on any atom is 0.161 e. The molecule has 26 heavy (non-hydrogen) atoms. The summed E-state index contributed by atoms with van der Waals surface area (Å²) in [4.78, 5) is 12.0. The predicted octanol–water partition coefficient (Wildman–Crippen LogP) is 2.84. The van der Waals surface area contributed by atoms with Gasteiger partial charge in [-0.05, 0) is 24.3 Å². The second-order valence-electron chi connectivity index (χ2n) is 5.54. The molecule has 0 atom stereocenters. The van der Waals surface area contributed by atoms with E-state index in [9.17, 15) is 0 Å². The average Bonchev–Trinajstić information content (AvgIpc) is 3.35. The summed E-state index contributed by atoms with van der Waals surface area (Å²) in [5, 5.41) is 4.17. The lowest BCUT2D eigenvalue weighted by Gasteiger charge is -2.08. The second kappa shape index (κ2) is 6.40. The maximum atomic E-state index is 5.48. The van der Waals surface area contributed by atoms with Gasteiger partial charge in [-0.25, -0.2) is 14.6 Å². The summed E-state index contributed by atoms with van der Waals surface area (Å²) in [5.74, 6) is 2.70. The zero-order chi connectivity index (χ0) is 18.1. The third kappa shape index (κ3) is 2.61. The highest BCUT2D eigenvalue weighted by Gasteiger charge is 2.14. The van der Waals surface area contributed by atoms with E-state index in [-0.39, 0.29) is 0 Å². The normalized spacial score (nSPS) is 10.9. The summed E-state index contributed by atoms with van der Waals surface area (Å²) in [5.41, 5.74) is 3.32. The molecule has 132 valence electrons. The number of rotatable bonds is 5. The van der Waals surface area contributed by atoms with Crippen LogP contribution in [0.3, 0.4) is 0 Å². The zero-order valence-corrected chi connectivity index (χ0v) is 14.6. The van der Waals surface area contributed by atoms with Crippen molar-refractivity contribution in [2.24, 2.45) is 0 Å². The van der Waals surface area contributed by atoms with Crippen molar-refractivity contribution in [2.75, 3.05) is 21.3 Å². The van der Waals surface area contributed by atoms with Crippen LogP contribution in [0.4, 0.5) is 0 Å². The minimum absolute atomic E-state index is 0.645. The van der Waals surface area contributed by atoms with Crippen molar-refractivity contribution in [1.29, 1.82) is 0 Å². The van der Waals surface area contributed by atoms with E-state index < -0.39 is 0 Å². The van der Waals surface area contributed by atoms with Crippen LogP contribution in [0.1, 0.15) is 0 Å². The SMILES string of the molecule is COc1ccc(-c2nc3cc(OC)c(-n4cncn4)cc3[nH]2)cc1OC. The van der Waals surface area contributed by atoms with Gasteiger partial charge in [-0.15, -0.1) is 0 Å². The highest BCUT2D eigenvalue weighted by Crippen LogP contribution is 2.33. The molecule has 0 radical (unpaired) electrons. The summed E-state index contributed by atoms with van der Waals surface area (Å²) in [6, 6.07) is 9.46. The topological polar surface area (TPSA) is 87.1 Å². The fourth-order valence-electron chi connectivity index (χ4n) is 2.82. The molecule has 0 aliphatic rings. The Morgan fingerprint density at radius 3 is 2.42 bits per heavy atom. The smallest absolute Gasteiger partial charge is 0.161 e. The van der Waals surface area contributed by atoms with Crippen LogP contribution in [0, 0.1) is 0 Å². The molecule has 0 saturated heterocycles. The van der Waals surface area contributed by atoms with E-state index in [0.717, 1.165) is 28.1 Å². The second-order valence-corrected chi connectivity index (χ2v) is 5.54. The van der Waals surface area contributed by atoms with Gasteiger partial charge < -0.3 is 19.2 Å². The Labute approximate surface area is 149 Å². The highest BCUT2D eigenvalue weighted by atomic mass is 16.5. The van der Waals surface area contributed by atoms with Gasteiger partial charge in [0.05, 0.1) is 32.4 Å². The number of fused-ring (bicyclic) bond motifs is 1. The van der Waals surface area contributed by atoms with Crippen molar-refractivity contribution in [3.8, 4) is 34.3 Å². The standard InChI is InChI=1S/C18H17N5O3/c1-24-15-5-4-11(6-17(15)26-3)18-21-12-7-14(23-10-19-9-20-23)16(25-2)8-13(12)22-18/h4-10H,1-3H3,(H,21,22). The molecule has 8 nitrogen and oxygen atoms in total. The van der Waals surface area contributed by atoms with Gasteiger partial charge in [0.1, 0.15) is 29.9 Å². The molecule has 1 N–H and O–H groups in total. The minimum atomic E-state index is 0.645. The first kappa shape index (κ1) is 15.9.